The summed E-state index contributed by atoms with van der Waals surface area (Å²) in [6.07, 6.45) is 24.3. The maximum absolute atomic E-state index is 13.6. The van der Waals surface area contributed by atoms with E-state index in [1.165, 1.54) is 102 Å². The average molecular weight is 1290 g/mol. The summed E-state index contributed by atoms with van der Waals surface area (Å²) in [6, 6.07) is 34.9. The molecule has 6 aromatic carbocycles. The van der Waals surface area contributed by atoms with Gasteiger partial charge in [0, 0.05) is 53.7 Å². The van der Waals surface area contributed by atoms with Gasteiger partial charge in [-0.25, -0.2) is 29.9 Å². The van der Waals surface area contributed by atoms with Gasteiger partial charge in [-0.1, -0.05) is 223 Å². The van der Waals surface area contributed by atoms with Gasteiger partial charge in [0.05, 0.1) is 18.8 Å². The van der Waals surface area contributed by atoms with Crippen LogP contribution in [0.25, 0.3) is 68.3 Å². The standard InChI is InChI=1S/C81H106N6O8/c1-10-11-12-13-14-15-16-19-23-26-29-44-92-54-67(55-95-66-36-42-73(75(90)51-66)81-86-78(70-39-33-58(4)48-62(70)8)83-79(87-81)71-40-34-59(5)49-63(71)9)93-45-30-27-24-21-18-17-20-22-25-28-43-91-52-64(88)53-94-65-35-41-72(74(89)50-65)80-84-76(68-37-31-56(2)46-60(68)6)82-77(85-80)69-38-32-57(3)47-61(69)7/h31-42,46-51,64,67,88-90H,10-30,43-45,52-55H2,1-9H3/p-1. The van der Waals surface area contributed by atoms with E-state index in [4.69, 9.17) is 53.6 Å². The number of phenols is 1. The second kappa shape index (κ2) is 38.8. The van der Waals surface area contributed by atoms with Gasteiger partial charge < -0.3 is 39.0 Å². The summed E-state index contributed by atoms with van der Waals surface area (Å²) in [7, 11) is 0. The molecule has 0 bridgehead atoms. The summed E-state index contributed by atoms with van der Waals surface area (Å²) in [5, 5.41) is 35.8. The molecule has 0 radical (unpaired) electrons. The number of ether oxygens (including phenoxy) is 5. The van der Waals surface area contributed by atoms with E-state index in [0.717, 1.165) is 105 Å². The fourth-order valence-corrected chi connectivity index (χ4v) is 12.1. The van der Waals surface area contributed by atoms with Gasteiger partial charge in [-0.3, -0.25) is 0 Å². The highest BCUT2D eigenvalue weighted by atomic mass is 16.6. The highest BCUT2D eigenvalue weighted by molar-refractivity contribution is 5.74. The number of aromatic nitrogens is 6. The van der Waals surface area contributed by atoms with Crippen molar-refractivity contribution in [3.63, 3.8) is 0 Å². The van der Waals surface area contributed by atoms with E-state index < -0.39 is 6.10 Å². The lowest BCUT2D eigenvalue weighted by molar-refractivity contribution is -0.267. The Morgan fingerprint density at radius 1 is 0.347 bits per heavy atom. The smallest absolute Gasteiger partial charge is 0.167 e. The van der Waals surface area contributed by atoms with Crippen LogP contribution in [0.5, 0.6) is 23.0 Å². The lowest BCUT2D eigenvalue weighted by Gasteiger charge is -2.19. The van der Waals surface area contributed by atoms with Crippen LogP contribution in [0.2, 0.25) is 0 Å². The van der Waals surface area contributed by atoms with Gasteiger partial charge in [-0.2, -0.15) is 0 Å². The highest BCUT2D eigenvalue weighted by Crippen LogP contribution is 2.36. The summed E-state index contributed by atoms with van der Waals surface area (Å²) in [6.45, 7) is 21.5. The molecule has 0 fully saturated rings. The Bertz CT molecular complexity index is 3530. The van der Waals surface area contributed by atoms with E-state index >= 15 is 0 Å². The number of benzene rings is 6. The summed E-state index contributed by atoms with van der Waals surface area (Å²) in [4.78, 5) is 29.3. The Hall–Kier alpha value is -7.62. The zero-order valence-electron chi connectivity index (χ0n) is 58.4. The monoisotopic (exact) mass is 1290 g/mol. The third-order valence-electron chi connectivity index (χ3n) is 17.6. The minimum absolute atomic E-state index is 0.00249. The van der Waals surface area contributed by atoms with E-state index in [1.807, 2.05) is 62.4 Å². The van der Waals surface area contributed by atoms with Gasteiger partial charge in [-0.15, -0.1) is 0 Å². The lowest BCUT2D eigenvalue weighted by atomic mass is 10.0. The Morgan fingerprint density at radius 3 is 1.06 bits per heavy atom. The zero-order valence-corrected chi connectivity index (χ0v) is 58.4. The number of rotatable bonds is 42. The number of aromatic hydroxyl groups is 1. The van der Waals surface area contributed by atoms with Crippen LogP contribution in [-0.2, 0) is 14.2 Å². The Morgan fingerprint density at radius 2 is 0.674 bits per heavy atom. The van der Waals surface area contributed by atoms with Gasteiger partial charge in [0.25, 0.3) is 0 Å². The van der Waals surface area contributed by atoms with Gasteiger partial charge in [0.2, 0.25) is 0 Å². The molecule has 2 N–H and O–H groups in total. The van der Waals surface area contributed by atoms with Gasteiger partial charge in [0.15, 0.2) is 34.9 Å². The van der Waals surface area contributed by atoms with Gasteiger partial charge in [0.1, 0.15) is 42.7 Å². The van der Waals surface area contributed by atoms with Crippen LogP contribution < -0.4 is 14.6 Å². The third kappa shape index (κ3) is 23.6. The molecular formula is C81H105N6O8-. The van der Waals surface area contributed by atoms with Crippen LogP contribution in [0.4, 0.5) is 0 Å². The van der Waals surface area contributed by atoms with Crippen molar-refractivity contribution in [3.8, 4) is 91.3 Å². The molecule has 8 rings (SSSR count). The molecule has 0 aliphatic carbocycles. The quantitative estimate of drug-likeness (QED) is 0.0344. The Balaban J connectivity index is 0.724. The van der Waals surface area contributed by atoms with Crippen molar-refractivity contribution in [1.82, 2.24) is 29.9 Å². The van der Waals surface area contributed by atoms with Crippen LogP contribution in [0, 0.1) is 55.4 Å². The molecular weight excluding hydrogens is 1180 g/mol. The number of unbranched alkanes of at least 4 members (excludes halogenated alkanes) is 19. The maximum atomic E-state index is 13.6. The van der Waals surface area contributed by atoms with Gasteiger partial charge >= 0.3 is 0 Å². The number of hydrogen-bond donors (Lipinski definition) is 2. The van der Waals surface area contributed by atoms with Crippen LogP contribution in [0.3, 0.4) is 0 Å². The minimum atomic E-state index is -0.839. The van der Waals surface area contributed by atoms with Crippen molar-refractivity contribution < 1.29 is 39.0 Å². The number of nitrogens with zero attached hydrogens (tertiary/aromatic N) is 6. The minimum Gasteiger partial charge on any atom is -0.872 e. The molecule has 2 aromatic heterocycles. The van der Waals surface area contributed by atoms with Crippen LogP contribution in [-0.4, -0.2) is 98.6 Å². The summed E-state index contributed by atoms with van der Waals surface area (Å²) < 4.78 is 30.7. The average Bonchev–Trinajstić information content (AvgIpc) is 0.811. The van der Waals surface area contributed by atoms with Crippen LogP contribution in [0.1, 0.15) is 186 Å². The summed E-state index contributed by atoms with van der Waals surface area (Å²) in [5.74, 6) is 3.40. The first-order chi connectivity index (χ1) is 46.1. The third-order valence-corrected chi connectivity index (χ3v) is 17.6. The molecule has 0 amide bonds. The first-order valence-corrected chi connectivity index (χ1v) is 35.3. The van der Waals surface area contributed by atoms with E-state index in [-0.39, 0.29) is 36.6 Å². The molecule has 0 aliphatic heterocycles. The van der Waals surface area contributed by atoms with Crippen molar-refractivity contribution >= 4 is 0 Å². The molecule has 95 heavy (non-hydrogen) atoms. The SMILES string of the molecule is CCCCCCCCCCCCCOCC(COc1ccc(-c2nc(-c3ccc(C)cc3C)nc(-c3ccc(C)cc3C)n2)c(O)c1)OCCCCCCCCCCCCOCC(O)COc1ccc(-c2nc(-c3ccc(C)cc3C)nc(-c3ccc(C)cc3C)n2)c([O-])c1. The lowest BCUT2D eigenvalue weighted by Crippen LogP contribution is -2.28. The fourth-order valence-electron chi connectivity index (χ4n) is 12.1. The topological polar surface area (TPSA) is 187 Å². The number of hydrogen-bond acceptors (Lipinski definition) is 14. The van der Waals surface area contributed by atoms with Crippen molar-refractivity contribution in [2.75, 3.05) is 46.2 Å². The van der Waals surface area contributed by atoms with E-state index in [0.29, 0.717) is 84.8 Å². The second-order valence-electron chi connectivity index (χ2n) is 26.2. The molecule has 2 heterocycles. The summed E-state index contributed by atoms with van der Waals surface area (Å²) in [5.41, 5.74) is 13.2. The molecule has 508 valence electrons. The number of aliphatic hydroxyl groups is 1. The van der Waals surface area contributed by atoms with Crippen LogP contribution in [0.15, 0.2) is 109 Å². The summed E-state index contributed by atoms with van der Waals surface area (Å²) >= 11 is 0. The first-order valence-electron chi connectivity index (χ1n) is 35.3. The highest BCUT2D eigenvalue weighted by Gasteiger charge is 2.21. The van der Waals surface area contributed by atoms with Crippen molar-refractivity contribution in [2.45, 2.75) is 209 Å². The number of phenolic OH excluding ortho intramolecular Hbond substituents is 1. The molecule has 14 heteroatoms. The predicted octanol–water partition coefficient (Wildman–Crippen LogP) is 18.8. The molecule has 8 aromatic rings. The predicted molar refractivity (Wildman–Crippen MR) is 382 cm³/mol. The normalized spacial score (nSPS) is 12.1. The van der Waals surface area contributed by atoms with E-state index in [2.05, 4.69) is 84.9 Å². The van der Waals surface area contributed by atoms with Crippen LogP contribution >= 0.6 is 0 Å². The van der Waals surface area contributed by atoms with E-state index in [1.54, 1.807) is 18.2 Å². The molecule has 2 unspecified atom stereocenters. The molecule has 0 aliphatic rings. The molecule has 14 nitrogen and oxygen atoms in total. The Labute approximate surface area is 566 Å². The first kappa shape index (κ1) is 73.2. The zero-order chi connectivity index (χ0) is 67.3. The molecule has 0 spiro atoms. The molecule has 0 saturated heterocycles. The largest absolute Gasteiger partial charge is 0.872 e. The second-order valence-corrected chi connectivity index (χ2v) is 26.2. The molecule has 0 saturated carbocycles. The van der Waals surface area contributed by atoms with Crippen molar-refractivity contribution in [2.24, 2.45) is 0 Å². The maximum Gasteiger partial charge on any atom is 0.167 e. The van der Waals surface area contributed by atoms with E-state index in [9.17, 15) is 15.3 Å². The van der Waals surface area contributed by atoms with Crippen molar-refractivity contribution in [3.05, 3.63) is 154 Å². The number of aliphatic hydroxyl groups excluding tert-OH is 1. The van der Waals surface area contributed by atoms with Crippen molar-refractivity contribution in [1.29, 1.82) is 0 Å². The number of aryl methyl sites for hydroxylation is 8. The van der Waals surface area contributed by atoms with Gasteiger partial charge in [-0.05, 0) is 127 Å². The fraction of sp³-hybridized carbons (Fsp3) is 0.481. The Kier molecular flexibility index (Phi) is 29.9. The molecule has 2 atom stereocenters.